The van der Waals surface area contributed by atoms with Gasteiger partial charge in [-0.3, -0.25) is 0 Å². The zero-order valence-corrected chi connectivity index (χ0v) is 18.3. The number of phosphoric acid groups is 1. The van der Waals surface area contributed by atoms with Gasteiger partial charge in [0.05, 0.1) is 6.16 Å². The SMILES string of the molecule is CCCCCCCCCCCCCC[PH3+].O=P([O-])([O-])[O-].[Sb]. The summed E-state index contributed by atoms with van der Waals surface area (Å²) in [5.74, 6) is 0. The molecule has 0 saturated heterocycles. The van der Waals surface area contributed by atoms with Crippen molar-refractivity contribution in [3.8, 4) is 0 Å². The summed E-state index contributed by atoms with van der Waals surface area (Å²) in [5.41, 5.74) is 0. The first-order valence-corrected chi connectivity index (χ1v) is 10.4. The summed E-state index contributed by atoms with van der Waals surface area (Å²) in [4.78, 5) is 25.6. The van der Waals surface area contributed by atoms with Gasteiger partial charge in [-0.2, -0.15) is 7.82 Å². The van der Waals surface area contributed by atoms with Crippen LogP contribution in [0.15, 0.2) is 0 Å². The van der Waals surface area contributed by atoms with Crippen LogP contribution in [0.1, 0.15) is 84.0 Å². The molecule has 0 aliphatic carbocycles. The molecule has 21 heavy (non-hydrogen) atoms. The van der Waals surface area contributed by atoms with Crippen LogP contribution < -0.4 is 14.7 Å². The first kappa shape index (κ1) is 27.2. The summed E-state index contributed by atoms with van der Waals surface area (Å²) >= 11 is 0. The summed E-state index contributed by atoms with van der Waals surface area (Å²) in [6.07, 6.45) is 19.0. The third kappa shape index (κ3) is 44.9. The fraction of sp³-hybridized carbons (Fsp3) is 1.00. The smallest absolute Gasteiger partial charge is 0.0526 e. The van der Waals surface area contributed by atoms with Crippen molar-refractivity contribution in [2.24, 2.45) is 0 Å². The Kier molecular flexibility index (Phi) is 27.7. The van der Waals surface area contributed by atoms with Crippen molar-refractivity contribution in [2.75, 3.05) is 6.16 Å². The van der Waals surface area contributed by atoms with Gasteiger partial charge < -0.3 is 19.2 Å². The zero-order valence-electron chi connectivity index (χ0n) is 13.4. The molecule has 1 atom stereocenters. The minimum absolute atomic E-state index is 0. The molecule has 3 radical (unpaired) electrons. The molecule has 0 saturated carbocycles. The maximum atomic E-state index is 8.55. The number of hydrogen-bond acceptors (Lipinski definition) is 4. The Bertz CT molecular complexity index is 205. The molecule has 0 aliphatic rings. The van der Waals surface area contributed by atoms with Gasteiger partial charge in [0.2, 0.25) is 0 Å². The van der Waals surface area contributed by atoms with Gasteiger partial charge in [0.25, 0.3) is 0 Å². The van der Waals surface area contributed by atoms with E-state index in [1.807, 2.05) is 0 Å². The third-order valence-electron chi connectivity index (χ3n) is 3.10. The van der Waals surface area contributed by atoms with Crippen molar-refractivity contribution in [3.05, 3.63) is 0 Å². The Hall–Kier alpha value is 1.36. The van der Waals surface area contributed by atoms with Crippen molar-refractivity contribution < 1.29 is 19.2 Å². The van der Waals surface area contributed by atoms with Crippen LogP contribution in [0.2, 0.25) is 0 Å². The first-order chi connectivity index (χ1) is 9.41. The van der Waals surface area contributed by atoms with Crippen LogP contribution in [0.4, 0.5) is 0 Å². The molecule has 0 aromatic carbocycles. The van der Waals surface area contributed by atoms with Gasteiger partial charge in [-0.05, 0) is 22.1 Å². The fourth-order valence-corrected chi connectivity index (χ4v) is 2.37. The number of unbranched alkanes of at least 4 members (excludes halogenated alkanes) is 11. The van der Waals surface area contributed by atoms with Crippen molar-refractivity contribution in [3.63, 3.8) is 0 Å². The molecule has 0 spiro atoms. The second-order valence-corrected chi connectivity index (χ2v) is 6.79. The maximum Gasteiger partial charge on any atom is 0.0526 e. The monoisotopic (exact) mass is 447 g/mol. The Morgan fingerprint density at radius 2 is 0.952 bits per heavy atom. The molecule has 4 nitrogen and oxygen atoms in total. The predicted molar refractivity (Wildman–Crippen MR) is 90.4 cm³/mol. The van der Waals surface area contributed by atoms with Crippen LogP contribution in [0.5, 0.6) is 0 Å². The Morgan fingerprint density at radius 3 is 1.19 bits per heavy atom. The summed E-state index contributed by atoms with van der Waals surface area (Å²) < 4.78 is 8.55. The van der Waals surface area contributed by atoms with E-state index in [1.54, 1.807) is 0 Å². The van der Waals surface area contributed by atoms with E-state index in [2.05, 4.69) is 16.2 Å². The molecule has 7 heteroatoms. The van der Waals surface area contributed by atoms with Crippen molar-refractivity contribution in [1.29, 1.82) is 0 Å². The second-order valence-electron chi connectivity index (χ2n) is 5.19. The van der Waals surface area contributed by atoms with Crippen LogP contribution in [-0.2, 0) is 4.57 Å². The average Bonchev–Trinajstić information content (AvgIpc) is 2.34. The molecular formula is C14H32O4P2Sb-2. The molecule has 0 bridgehead atoms. The normalized spacial score (nSPS) is 10.7. The summed E-state index contributed by atoms with van der Waals surface area (Å²) in [7, 11) is -3.28. The van der Waals surface area contributed by atoms with E-state index in [4.69, 9.17) is 19.2 Å². The molecule has 0 rings (SSSR count). The van der Waals surface area contributed by atoms with Crippen LogP contribution in [0, 0.1) is 0 Å². The zero-order chi connectivity index (χ0) is 15.7. The molecule has 0 amide bonds. The molecule has 0 aromatic heterocycles. The van der Waals surface area contributed by atoms with Gasteiger partial charge >= 0.3 is 0 Å². The summed E-state index contributed by atoms with van der Waals surface area (Å²) in [6, 6.07) is 0. The van der Waals surface area contributed by atoms with Crippen LogP contribution in [-0.4, -0.2) is 30.6 Å². The van der Waals surface area contributed by atoms with E-state index < -0.39 is 7.82 Å². The third-order valence-corrected chi connectivity index (χ3v) is 3.60. The molecule has 1 unspecified atom stereocenters. The van der Waals surface area contributed by atoms with Gasteiger partial charge in [0, 0.05) is 24.4 Å². The largest absolute Gasteiger partial charge is 0.822 e. The van der Waals surface area contributed by atoms with Crippen LogP contribution in [0.25, 0.3) is 0 Å². The molecule has 0 aliphatic heterocycles. The number of hydrogen-bond donors (Lipinski definition) is 0. The van der Waals surface area contributed by atoms with E-state index in [9.17, 15) is 0 Å². The predicted octanol–water partition coefficient (Wildman–Crippen LogP) is 2.09. The van der Waals surface area contributed by atoms with E-state index in [0.717, 1.165) is 0 Å². The molecular weight excluding hydrogens is 416 g/mol. The van der Waals surface area contributed by atoms with Gasteiger partial charge in [0.15, 0.2) is 0 Å². The van der Waals surface area contributed by atoms with Gasteiger partial charge in [-0.1, -0.05) is 71.1 Å². The van der Waals surface area contributed by atoms with Crippen LogP contribution >= 0.6 is 17.1 Å². The molecule has 0 heterocycles. The van der Waals surface area contributed by atoms with Gasteiger partial charge in [0.1, 0.15) is 0 Å². The minimum atomic E-state index is -5.39. The molecule has 0 fully saturated rings. The quantitative estimate of drug-likeness (QED) is 0.260. The van der Waals surface area contributed by atoms with Gasteiger partial charge in [-0.15, -0.1) is 0 Å². The van der Waals surface area contributed by atoms with E-state index in [-0.39, 0.29) is 24.4 Å². The summed E-state index contributed by atoms with van der Waals surface area (Å²) in [6.45, 7) is 2.29. The molecule has 0 N–H and O–H groups in total. The first-order valence-electron chi connectivity index (χ1n) is 7.94. The Morgan fingerprint density at radius 1 is 0.714 bits per heavy atom. The van der Waals surface area contributed by atoms with Crippen molar-refractivity contribution in [1.82, 2.24) is 0 Å². The van der Waals surface area contributed by atoms with Gasteiger partial charge in [-0.25, -0.2) is 0 Å². The number of rotatable bonds is 12. The fourth-order valence-electron chi connectivity index (χ4n) is 2.02. The average molecular weight is 448 g/mol. The second kappa shape index (κ2) is 21.4. The molecule has 129 valence electrons. The van der Waals surface area contributed by atoms with E-state index in [1.165, 1.54) is 83.2 Å². The Labute approximate surface area is 150 Å². The van der Waals surface area contributed by atoms with E-state index >= 15 is 0 Å². The Balaban J connectivity index is -0.000000465. The molecule has 0 aromatic rings. The minimum Gasteiger partial charge on any atom is -0.822 e. The van der Waals surface area contributed by atoms with Crippen molar-refractivity contribution in [2.45, 2.75) is 84.0 Å². The maximum absolute atomic E-state index is 8.55. The van der Waals surface area contributed by atoms with E-state index in [0.29, 0.717) is 0 Å². The van der Waals surface area contributed by atoms with Crippen molar-refractivity contribution >= 4 is 41.5 Å². The topological polar surface area (TPSA) is 86.2 Å². The van der Waals surface area contributed by atoms with Crippen LogP contribution in [0.3, 0.4) is 0 Å². The summed E-state index contributed by atoms with van der Waals surface area (Å²) in [5, 5.41) is 0. The standard InChI is InChI=1S/C14H31P.H3O4P.Sb/c1-2-3-4-5-6-7-8-9-10-11-12-13-14-15;1-5(2,3)4;/h2-15H2,1H3;(H3,1,2,3,4);/p-2.